The van der Waals surface area contributed by atoms with Crippen LogP contribution >= 0.6 is 0 Å². The van der Waals surface area contributed by atoms with Gasteiger partial charge in [-0.3, -0.25) is 0 Å². The van der Waals surface area contributed by atoms with Crippen LogP contribution in [0.3, 0.4) is 0 Å². The van der Waals surface area contributed by atoms with Gasteiger partial charge in [-0.15, -0.1) is 10.2 Å². The average Bonchev–Trinajstić information content (AvgIpc) is 3.01. The minimum absolute atomic E-state index is 0.266. The molecule has 0 aliphatic carbocycles. The molecule has 0 spiro atoms. The van der Waals surface area contributed by atoms with E-state index in [0.717, 1.165) is 17.3 Å². The molecule has 6 nitrogen and oxygen atoms in total. The van der Waals surface area contributed by atoms with Gasteiger partial charge in [0, 0.05) is 18.7 Å². The SMILES string of the molecule is CNC1COc2cc(OCc3nncn3C)ccc21. The number of likely N-dealkylation sites (N-methyl/N-ethyl adjacent to an activating group) is 1. The van der Waals surface area contributed by atoms with Gasteiger partial charge in [0.05, 0.1) is 6.04 Å². The second-order valence-corrected chi connectivity index (χ2v) is 4.50. The van der Waals surface area contributed by atoms with Crippen molar-refractivity contribution >= 4 is 0 Å². The summed E-state index contributed by atoms with van der Waals surface area (Å²) in [6.45, 7) is 1.06. The van der Waals surface area contributed by atoms with Gasteiger partial charge in [-0.1, -0.05) is 0 Å². The largest absolute Gasteiger partial charge is 0.491 e. The third-order valence-electron chi connectivity index (χ3n) is 3.29. The summed E-state index contributed by atoms with van der Waals surface area (Å²) in [4.78, 5) is 0. The first kappa shape index (κ1) is 12.0. The maximum Gasteiger partial charge on any atom is 0.170 e. The zero-order valence-corrected chi connectivity index (χ0v) is 11.0. The molecule has 1 atom stereocenters. The lowest BCUT2D eigenvalue weighted by molar-refractivity contribution is 0.287. The second kappa shape index (κ2) is 4.89. The Kier molecular flexibility index (Phi) is 3.08. The highest BCUT2D eigenvalue weighted by atomic mass is 16.5. The number of ether oxygens (including phenoxy) is 2. The van der Waals surface area contributed by atoms with Crippen molar-refractivity contribution in [3.63, 3.8) is 0 Å². The maximum absolute atomic E-state index is 5.70. The van der Waals surface area contributed by atoms with Crippen molar-refractivity contribution in [2.75, 3.05) is 13.7 Å². The third-order valence-corrected chi connectivity index (χ3v) is 3.29. The fourth-order valence-electron chi connectivity index (χ4n) is 2.10. The summed E-state index contributed by atoms with van der Waals surface area (Å²) in [5.74, 6) is 2.45. The topological polar surface area (TPSA) is 61.2 Å². The Morgan fingerprint density at radius 2 is 2.42 bits per heavy atom. The summed E-state index contributed by atoms with van der Waals surface area (Å²) >= 11 is 0. The van der Waals surface area contributed by atoms with Crippen molar-refractivity contribution in [1.29, 1.82) is 0 Å². The van der Waals surface area contributed by atoms with Crippen molar-refractivity contribution < 1.29 is 9.47 Å². The van der Waals surface area contributed by atoms with Gasteiger partial charge < -0.3 is 19.4 Å². The van der Waals surface area contributed by atoms with Gasteiger partial charge in [-0.2, -0.15) is 0 Å². The smallest absolute Gasteiger partial charge is 0.170 e. The number of rotatable bonds is 4. The van der Waals surface area contributed by atoms with Crippen LogP contribution in [0.15, 0.2) is 24.5 Å². The molecule has 3 rings (SSSR count). The van der Waals surface area contributed by atoms with Gasteiger partial charge in [0.25, 0.3) is 0 Å². The normalized spacial score (nSPS) is 17.1. The Morgan fingerprint density at radius 1 is 1.53 bits per heavy atom. The van der Waals surface area contributed by atoms with Gasteiger partial charge >= 0.3 is 0 Å². The summed E-state index contributed by atoms with van der Waals surface area (Å²) in [5, 5.41) is 11.0. The van der Waals surface area contributed by atoms with E-state index < -0.39 is 0 Å². The van der Waals surface area contributed by atoms with Gasteiger partial charge in [0.15, 0.2) is 5.82 Å². The molecule has 0 fully saturated rings. The van der Waals surface area contributed by atoms with Crippen LogP contribution in [0.5, 0.6) is 11.5 Å². The van der Waals surface area contributed by atoms with Crippen LogP contribution in [0.4, 0.5) is 0 Å². The molecule has 2 aromatic rings. The van der Waals surface area contributed by atoms with Crippen LogP contribution in [-0.4, -0.2) is 28.4 Å². The zero-order chi connectivity index (χ0) is 13.2. The molecule has 0 bridgehead atoms. The first-order valence-electron chi connectivity index (χ1n) is 6.17. The summed E-state index contributed by atoms with van der Waals surface area (Å²) in [6.07, 6.45) is 1.65. The molecule has 1 aromatic heterocycles. The lowest BCUT2D eigenvalue weighted by atomic mass is 10.1. The number of hydrogen-bond donors (Lipinski definition) is 1. The number of fused-ring (bicyclic) bond motifs is 1. The Labute approximate surface area is 111 Å². The summed E-state index contributed by atoms with van der Waals surface area (Å²) in [7, 11) is 3.82. The van der Waals surface area contributed by atoms with E-state index >= 15 is 0 Å². The number of aromatic nitrogens is 3. The molecular weight excluding hydrogens is 244 g/mol. The number of benzene rings is 1. The fourth-order valence-corrected chi connectivity index (χ4v) is 2.10. The van der Waals surface area contributed by atoms with E-state index in [1.807, 2.05) is 36.9 Å². The van der Waals surface area contributed by atoms with Gasteiger partial charge in [0.1, 0.15) is 31.0 Å². The van der Waals surface area contributed by atoms with Crippen molar-refractivity contribution in [3.05, 3.63) is 35.9 Å². The number of hydrogen-bond acceptors (Lipinski definition) is 5. The highest BCUT2D eigenvalue weighted by Crippen LogP contribution is 2.35. The highest BCUT2D eigenvalue weighted by molar-refractivity contribution is 5.44. The van der Waals surface area contributed by atoms with E-state index in [0.29, 0.717) is 13.2 Å². The molecule has 100 valence electrons. The van der Waals surface area contributed by atoms with Gasteiger partial charge in [0.2, 0.25) is 0 Å². The molecule has 6 heteroatoms. The van der Waals surface area contributed by atoms with E-state index in [-0.39, 0.29) is 6.04 Å². The van der Waals surface area contributed by atoms with Gasteiger partial charge in [-0.25, -0.2) is 0 Å². The summed E-state index contributed by atoms with van der Waals surface area (Å²) in [5.41, 5.74) is 1.17. The monoisotopic (exact) mass is 260 g/mol. The van der Waals surface area contributed by atoms with Crippen molar-refractivity contribution in [3.8, 4) is 11.5 Å². The van der Waals surface area contributed by atoms with Crippen molar-refractivity contribution in [2.45, 2.75) is 12.6 Å². The van der Waals surface area contributed by atoms with Crippen molar-refractivity contribution in [2.24, 2.45) is 7.05 Å². The average molecular weight is 260 g/mol. The number of nitrogens with zero attached hydrogens (tertiary/aromatic N) is 3. The molecule has 1 unspecified atom stereocenters. The molecule has 0 saturated carbocycles. The zero-order valence-electron chi connectivity index (χ0n) is 11.0. The Balaban J connectivity index is 1.72. The van der Waals surface area contributed by atoms with Crippen LogP contribution < -0.4 is 14.8 Å². The van der Waals surface area contributed by atoms with Gasteiger partial charge in [-0.05, 0) is 19.2 Å². The number of nitrogens with one attached hydrogen (secondary N) is 1. The van der Waals surface area contributed by atoms with E-state index in [1.165, 1.54) is 5.56 Å². The second-order valence-electron chi connectivity index (χ2n) is 4.50. The standard InChI is InChI=1S/C13H16N4O2/c1-14-11-6-19-12-5-9(3-4-10(11)12)18-7-13-16-15-8-17(13)2/h3-5,8,11,14H,6-7H2,1-2H3. The first-order valence-corrected chi connectivity index (χ1v) is 6.17. The Bertz CT molecular complexity index is 582. The molecule has 1 aliphatic heterocycles. The molecule has 0 saturated heterocycles. The summed E-state index contributed by atoms with van der Waals surface area (Å²) in [6, 6.07) is 6.18. The molecular formula is C13H16N4O2. The molecule has 1 N–H and O–H groups in total. The lowest BCUT2D eigenvalue weighted by Gasteiger charge is -2.08. The number of aryl methyl sites for hydroxylation is 1. The lowest BCUT2D eigenvalue weighted by Crippen LogP contribution is -2.17. The van der Waals surface area contributed by atoms with E-state index in [2.05, 4.69) is 15.5 Å². The molecule has 2 heterocycles. The fraction of sp³-hybridized carbons (Fsp3) is 0.385. The summed E-state index contributed by atoms with van der Waals surface area (Å²) < 4.78 is 13.2. The Morgan fingerprint density at radius 3 is 3.16 bits per heavy atom. The molecule has 1 aliphatic rings. The third kappa shape index (κ3) is 2.26. The molecule has 19 heavy (non-hydrogen) atoms. The quantitative estimate of drug-likeness (QED) is 0.890. The van der Waals surface area contributed by atoms with Crippen LogP contribution in [0.2, 0.25) is 0 Å². The molecule has 0 amide bonds. The highest BCUT2D eigenvalue weighted by Gasteiger charge is 2.22. The van der Waals surface area contributed by atoms with Crippen LogP contribution in [0.25, 0.3) is 0 Å². The van der Waals surface area contributed by atoms with Crippen LogP contribution in [-0.2, 0) is 13.7 Å². The molecule has 0 radical (unpaired) electrons. The van der Waals surface area contributed by atoms with Crippen LogP contribution in [0, 0.1) is 0 Å². The Hall–Kier alpha value is -2.08. The molecule has 1 aromatic carbocycles. The predicted octanol–water partition coefficient (Wildman–Crippen LogP) is 1.05. The maximum atomic E-state index is 5.70. The minimum atomic E-state index is 0.266. The van der Waals surface area contributed by atoms with Crippen molar-refractivity contribution in [1.82, 2.24) is 20.1 Å². The van der Waals surface area contributed by atoms with E-state index in [4.69, 9.17) is 9.47 Å². The first-order chi connectivity index (χ1) is 9.28. The van der Waals surface area contributed by atoms with E-state index in [1.54, 1.807) is 6.33 Å². The van der Waals surface area contributed by atoms with E-state index in [9.17, 15) is 0 Å². The predicted molar refractivity (Wildman–Crippen MR) is 69.1 cm³/mol. The minimum Gasteiger partial charge on any atom is -0.491 e. The van der Waals surface area contributed by atoms with Crippen LogP contribution in [0.1, 0.15) is 17.4 Å².